The maximum Gasteiger partial charge on any atom is 0.0526 e. The molecule has 0 bridgehead atoms. The van der Waals surface area contributed by atoms with Gasteiger partial charge in [0.2, 0.25) is 0 Å². The molecule has 2 heteroatoms. The van der Waals surface area contributed by atoms with Crippen molar-refractivity contribution in [3.8, 4) is 0 Å². The Morgan fingerprint density at radius 2 is 2.50 bits per heavy atom. The Morgan fingerprint density at radius 3 is 3.08 bits per heavy atom. The van der Waals surface area contributed by atoms with Crippen molar-refractivity contribution in [2.45, 2.75) is 38.6 Å². The highest BCUT2D eigenvalue weighted by atomic mass is 16.5. The van der Waals surface area contributed by atoms with Crippen LogP contribution in [0.5, 0.6) is 0 Å². The van der Waals surface area contributed by atoms with Crippen LogP contribution in [0.4, 0.5) is 0 Å². The van der Waals surface area contributed by atoms with Crippen molar-refractivity contribution < 1.29 is 4.74 Å². The lowest BCUT2D eigenvalue weighted by Gasteiger charge is -2.07. The first-order chi connectivity index (χ1) is 5.73. The molecule has 2 N–H and O–H groups in total. The number of rotatable bonds is 3. The fraction of sp³-hybridized carbons (Fsp3) is 1.00. The van der Waals surface area contributed by atoms with Crippen LogP contribution in [0.25, 0.3) is 0 Å². The average Bonchev–Trinajstić information content (AvgIpc) is 2.42. The molecule has 2 rings (SSSR count). The summed E-state index contributed by atoms with van der Waals surface area (Å²) in [6.07, 6.45) is 5.21. The van der Waals surface area contributed by atoms with Gasteiger partial charge in [-0.3, -0.25) is 0 Å². The van der Waals surface area contributed by atoms with Gasteiger partial charge in [-0.1, -0.05) is 0 Å². The Kier molecular flexibility index (Phi) is 2.13. The fourth-order valence-electron chi connectivity index (χ4n) is 2.41. The lowest BCUT2D eigenvalue weighted by atomic mass is 9.99. The molecule has 70 valence electrons. The lowest BCUT2D eigenvalue weighted by Crippen LogP contribution is -2.15. The first-order valence-electron chi connectivity index (χ1n) is 5.06. The molecule has 2 fully saturated rings. The van der Waals surface area contributed by atoms with E-state index in [1.54, 1.807) is 0 Å². The van der Waals surface area contributed by atoms with Crippen molar-refractivity contribution in [3.63, 3.8) is 0 Å². The third kappa shape index (κ3) is 1.50. The smallest absolute Gasteiger partial charge is 0.0526 e. The first kappa shape index (κ1) is 8.52. The second-order valence-electron chi connectivity index (χ2n) is 4.62. The summed E-state index contributed by atoms with van der Waals surface area (Å²) in [5.41, 5.74) is 6.34. The molecule has 1 aliphatic heterocycles. The Morgan fingerprint density at radius 1 is 1.67 bits per heavy atom. The summed E-state index contributed by atoms with van der Waals surface area (Å²) in [4.78, 5) is 0. The van der Waals surface area contributed by atoms with Crippen LogP contribution in [0.15, 0.2) is 0 Å². The van der Waals surface area contributed by atoms with Gasteiger partial charge < -0.3 is 10.5 Å². The van der Waals surface area contributed by atoms with Gasteiger partial charge in [-0.05, 0) is 43.9 Å². The van der Waals surface area contributed by atoms with Crippen molar-refractivity contribution >= 4 is 0 Å². The van der Waals surface area contributed by atoms with Crippen molar-refractivity contribution in [3.05, 3.63) is 0 Å². The summed E-state index contributed by atoms with van der Waals surface area (Å²) in [5, 5.41) is 0. The van der Waals surface area contributed by atoms with Gasteiger partial charge in [0, 0.05) is 12.6 Å². The molecule has 12 heavy (non-hydrogen) atoms. The molecular formula is C10H19NO. The van der Waals surface area contributed by atoms with Crippen LogP contribution in [0, 0.1) is 11.3 Å². The minimum Gasteiger partial charge on any atom is -0.381 e. The monoisotopic (exact) mass is 169 g/mol. The second-order valence-corrected chi connectivity index (χ2v) is 4.62. The van der Waals surface area contributed by atoms with E-state index in [2.05, 4.69) is 6.92 Å². The zero-order valence-electron chi connectivity index (χ0n) is 7.88. The highest BCUT2D eigenvalue weighted by Gasteiger charge is 2.55. The summed E-state index contributed by atoms with van der Waals surface area (Å²) in [6, 6.07) is 0.380. The second kappa shape index (κ2) is 3.00. The Balaban J connectivity index is 1.72. The minimum atomic E-state index is 0.380. The van der Waals surface area contributed by atoms with Gasteiger partial charge in [0.15, 0.2) is 0 Å². The Bertz CT molecular complexity index is 161. The summed E-state index contributed by atoms with van der Waals surface area (Å²) in [5.74, 6) is 0.936. The van der Waals surface area contributed by atoms with E-state index >= 15 is 0 Å². The van der Waals surface area contributed by atoms with Crippen molar-refractivity contribution in [2.24, 2.45) is 17.1 Å². The third-order valence-corrected chi connectivity index (χ3v) is 3.46. The van der Waals surface area contributed by atoms with Crippen LogP contribution in [0.1, 0.15) is 32.6 Å². The molecule has 3 unspecified atom stereocenters. The van der Waals surface area contributed by atoms with Gasteiger partial charge in [-0.2, -0.15) is 0 Å². The number of hydrogen-bond acceptors (Lipinski definition) is 2. The molecule has 1 heterocycles. The van der Waals surface area contributed by atoms with Crippen LogP contribution in [0.2, 0.25) is 0 Å². The van der Waals surface area contributed by atoms with Crippen LogP contribution in [-0.4, -0.2) is 19.3 Å². The molecule has 1 saturated heterocycles. The van der Waals surface area contributed by atoms with Crippen LogP contribution >= 0.6 is 0 Å². The highest BCUT2D eigenvalue weighted by molar-refractivity contribution is 5.04. The average molecular weight is 169 g/mol. The Hall–Kier alpha value is -0.0800. The predicted octanol–water partition coefficient (Wildman–Crippen LogP) is 1.54. The molecule has 2 nitrogen and oxygen atoms in total. The van der Waals surface area contributed by atoms with Crippen molar-refractivity contribution in [1.29, 1.82) is 0 Å². The van der Waals surface area contributed by atoms with Gasteiger partial charge in [0.05, 0.1) is 6.61 Å². The standard InChI is InChI=1S/C10H19NO/c1-8(11)2-3-9-6-10(9)4-5-12-7-10/h8-9H,2-7,11H2,1H3. The Labute approximate surface area is 74.5 Å². The van der Waals surface area contributed by atoms with Crippen LogP contribution in [0.3, 0.4) is 0 Å². The van der Waals surface area contributed by atoms with Gasteiger partial charge in [0.1, 0.15) is 0 Å². The molecule has 0 aromatic rings. The summed E-state index contributed by atoms with van der Waals surface area (Å²) in [6.45, 7) is 4.12. The highest BCUT2D eigenvalue weighted by Crippen LogP contribution is 2.59. The molecule has 0 aromatic heterocycles. The topological polar surface area (TPSA) is 35.2 Å². The molecule has 1 saturated carbocycles. The quantitative estimate of drug-likeness (QED) is 0.695. The number of hydrogen-bond donors (Lipinski definition) is 1. The summed E-state index contributed by atoms with van der Waals surface area (Å²) < 4.78 is 5.43. The van der Waals surface area contributed by atoms with E-state index in [1.807, 2.05) is 0 Å². The van der Waals surface area contributed by atoms with E-state index in [0.29, 0.717) is 11.5 Å². The summed E-state index contributed by atoms with van der Waals surface area (Å²) in [7, 11) is 0. The number of ether oxygens (including phenoxy) is 1. The molecule has 0 radical (unpaired) electrons. The van der Waals surface area contributed by atoms with Gasteiger partial charge in [0.25, 0.3) is 0 Å². The third-order valence-electron chi connectivity index (χ3n) is 3.46. The largest absolute Gasteiger partial charge is 0.381 e. The van der Waals surface area contributed by atoms with Crippen molar-refractivity contribution in [1.82, 2.24) is 0 Å². The lowest BCUT2D eigenvalue weighted by molar-refractivity contribution is 0.178. The zero-order chi connectivity index (χ0) is 8.60. The van der Waals surface area contributed by atoms with E-state index in [9.17, 15) is 0 Å². The van der Waals surface area contributed by atoms with E-state index < -0.39 is 0 Å². The molecule has 0 aromatic carbocycles. The minimum absolute atomic E-state index is 0.380. The molecular weight excluding hydrogens is 150 g/mol. The molecule has 2 aliphatic rings. The van der Waals surface area contributed by atoms with Gasteiger partial charge >= 0.3 is 0 Å². The molecule has 3 atom stereocenters. The maximum absolute atomic E-state index is 5.72. The van der Waals surface area contributed by atoms with Crippen molar-refractivity contribution in [2.75, 3.05) is 13.2 Å². The van der Waals surface area contributed by atoms with E-state index in [0.717, 1.165) is 19.1 Å². The van der Waals surface area contributed by atoms with E-state index in [1.165, 1.54) is 25.7 Å². The normalized spacial score (nSPS) is 42.0. The van der Waals surface area contributed by atoms with Gasteiger partial charge in [-0.25, -0.2) is 0 Å². The predicted molar refractivity (Wildman–Crippen MR) is 48.9 cm³/mol. The first-order valence-corrected chi connectivity index (χ1v) is 5.06. The zero-order valence-corrected chi connectivity index (χ0v) is 7.88. The van der Waals surface area contributed by atoms with E-state index in [4.69, 9.17) is 10.5 Å². The van der Waals surface area contributed by atoms with E-state index in [-0.39, 0.29) is 0 Å². The van der Waals surface area contributed by atoms with Gasteiger partial charge in [-0.15, -0.1) is 0 Å². The summed E-state index contributed by atoms with van der Waals surface area (Å²) >= 11 is 0. The maximum atomic E-state index is 5.72. The SMILES string of the molecule is CC(N)CCC1CC12CCOC2. The molecule has 0 amide bonds. The van der Waals surface area contributed by atoms with Crippen LogP contribution < -0.4 is 5.73 Å². The molecule has 1 spiro atoms. The van der Waals surface area contributed by atoms with Crippen LogP contribution in [-0.2, 0) is 4.74 Å². The molecule has 1 aliphatic carbocycles. The number of nitrogens with two attached hydrogens (primary N) is 1. The fourth-order valence-corrected chi connectivity index (χ4v) is 2.41.